The molecule has 0 aliphatic carbocycles. The zero-order valence-corrected chi connectivity index (χ0v) is 19.5. The first-order valence-electron chi connectivity index (χ1n) is 9.56. The van der Waals surface area contributed by atoms with Crippen molar-refractivity contribution in [3.8, 4) is 0 Å². The molecule has 1 aliphatic rings. The molecule has 16 heteroatoms. The van der Waals surface area contributed by atoms with Gasteiger partial charge in [0.1, 0.15) is 12.2 Å². The van der Waals surface area contributed by atoms with Crippen LogP contribution < -0.4 is 4.90 Å². The van der Waals surface area contributed by atoms with Gasteiger partial charge in [-0.2, -0.15) is 43.2 Å². The number of fused-ring (bicyclic) bond motifs is 1. The average Bonchev–Trinajstić information content (AvgIpc) is 3.15. The molecule has 0 N–H and O–H groups in total. The lowest BCUT2D eigenvalue weighted by Gasteiger charge is -2.36. The Kier molecular flexibility index (Phi) is 7.06. The number of nitrogens with zero attached hydrogens (tertiary/aromatic N) is 2. The van der Waals surface area contributed by atoms with Crippen LogP contribution in [0.3, 0.4) is 0 Å². The van der Waals surface area contributed by atoms with Crippen molar-refractivity contribution >= 4 is 25.9 Å². The maximum Gasteiger partial charge on any atom is 0.523 e. The van der Waals surface area contributed by atoms with Crippen LogP contribution in [0.4, 0.5) is 32.0 Å². The van der Waals surface area contributed by atoms with Gasteiger partial charge in [-0.25, -0.2) is 0 Å². The van der Waals surface area contributed by atoms with Gasteiger partial charge in [-0.3, -0.25) is 8.37 Å². The Balaban J connectivity index is 2.26. The number of aromatic nitrogens is 1. The van der Waals surface area contributed by atoms with Gasteiger partial charge in [0.25, 0.3) is 0 Å². The van der Waals surface area contributed by atoms with Gasteiger partial charge in [-0.05, 0) is 23.8 Å². The third kappa shape index (κ3) is 5.34. The molecular formula is C19H18F6N2O6S2. The fourth-order valence-electron chi connectivity index (χ4n) is 3.52. The van der Waals surface area contributed by atoms with E-state index in [9.17, 15) is 43.2 Å². The Bertz CT molecular complexity index is 1320. The molecule has 0 saturated heterocycles. The SMILES string of the molecule is CN1C=CC(C(OS(=O)(=O)C(F)(F)F)C(OS(=O)(=O)C(F)(F)F)c2cccn2C)c2ccccc21. The number of hydrogen-bond acceptors (Lipinski definition) is 7. The highest BCUT2D eigenvalue weighted by Gasteiger charge is 2.55. The molecule has 0 fully saturated rings. The summed E-state index contributed by atoms with van der Waals surface area (Å²) in [5, 5.41) is 0. The predicted molar refractivity (Wildman–Crippen MR) is 111 cm³/mol. The minimum atomic E-state index is -6.42. The lowest BCUT2D eigenvalue weighted by Crippen LogP contribution is -2.41. The van der Waals surface area contributed by atoms with Crippen molar-refractivity contribution in [1.29, 1.82) is 0 Å². The summed E-state index contributed by atoms with van der Waals surface area (Å²) in [5.74, 6) is -1.47. The summed E-state index contributed by atoms with van der Waals surface area (Å²) < 4.78 is 137. The summed E-state index contributed by atoms with van der Waals surface area (Å²) in [7, 11) is -10.0. The highest BCUT2D eigenvalue weighted by Crippen LogP contribution is 2.44. The van der Waals surface area contributed by atoms with Gasteiger partial charge < -0.3 is 9.47 Å². The highest BCUT2D eigenvalue weighted by atomic mass is 32.2. The molecular weight excluding hydrogens is 530 g/mol. The number of para-hydroxylation sites is 1. The second kappa shape index (κ2) is 9.15. The Hall–Kier alpha value is -2.56. The van der Waals surface area contributed by atoms with Crippen LogP contribution in [-0.2, 0) is 35.7 Å². The molecule has 2 heterocycles. The number of alkyl halides is 6. The molecule has 0 bridgehead atoms. The van der Waals surface area contributed by atoms with Crippen molar-refractivity contribution < 1.29 is 51.5 Å². The van der Waals surface area contributed by atoms with E-state index >= 15 is 0 Å². The molecule has 35 heavy (non-hydrogen) atoms. The zero-order chi connectivity index (χ0) is 26.4. The van der Waals surface area contributed by atoms with Gasteiger partial charge in [0.2, 0.25) is 0 Å². The quantitative estimate of drug-likeness (QED) is 0.294. The third-order valence-corrected chi connectivity index (χ3v) is 7.23. The lowest BCUT2D eigenvalue weighted by atomic mass is 9.86. The molecule has 2 aromatic rings. The van der Waals surface area contributed by atoms with Crippen LogP contribution in [0.2, 0.25) is 0 Å². The van der Waals surface area contributed by atoms with Crippen LogP contribution >= 0.6 is 0 Å². The number of hydrogen-bond donors (Lipinski definition) is 0. The smallest absolute Gasteiger partial charge is 0.352 e. The van der Waals surface area contributed by atoms with Crippen molar-refractivity contribution in [2.45, 2.75) is 29.1 Å². The second-order valence-electron chi connectivity index (χ2n) is 7.46. The molecule has 3 rings (SSSR count). The largest absolute Gasteiger partial charge is 0.523 e. The zero-order valence-electron chi connectivity index (χ0n) is 17.9. The summed E-state index contributed by atoms with van der Waals surface area (Å²) in [5.41, 5.74) is -11.8. The summed E-state index contributed by atoms with van der Waals surface area (Å²) in [6.07, 6.45) is -1.12. The molecule has 0 spiro atoms. The van der Waals surface area contributed by atoms with Gasteiger partial charge in [-0.1, -0.05) is 24.3 Å². The van der Waals surface area contributed by atoms with E-state index in [2.05, 4.69) is 8.37 Å². The molecule has 1 aromatic heterocycles. The summed E-state index contributed by atoms with van der Waals surface area (Å²) in [6, 6.07) is 8.24. The number of benzene rings is 1. The highest BCUT2D eigenvalue weighted by molar-refractivity contribution is 7.88. The standard InChI is InChI=1S/C19H18F6N2O6S2/c1-26-10-5-8-15(26)17(33-35(30,31)19(23,24)25)16(32-34(28,29)18(20,21)22)13-9-11-27(2)14-7-4-3-6-12(13)14/h3-11,13,16-17H,1-2H3. The van der Waals surface area contributed by atoms with Crippen LogP contribution in [0.5, 0.6) is 0 Å². The molecule has 194 valence electrons. The Labute approximate surface area is 196 Å². The molecule has 1 aromatic carbocycles. The molecule has 0 amide bonds. The first-order valence-corrected chi connectivity index (χ1v) is 12.4. The van der Waals surface area contributed by atoms with Crippen molar-refractivity contribution in [2.24, 2.45) is 7.05 Å². The minimum Gasteiger partial charge on any atom is -0.352 e. The van der Waals surface area contributed by atoms with Crippen molar-refractivity contribution in [3.63, 3.8) is 0 Å². The number of halogens is 6. The summed E-state index contributed by atoms with van der Waals surface area (Å²) in [4.78, 5) is 1.52. The molecule has 0 saturated carbocycles. The number of rotatable bonds is 7. The van der Waals surface area contributed by atoms with E-state index < -0.39 is 49.4 Å². The maximum atomic E-state index is 13.2. The second-order valence-corrected chi connectivity index (χ2v) is 10.6. The van der Waals surface area contributed by atoms with Crippen molar-refractivity contribution in [3.05, 3.63) is 66.1 Å². The summed E-state index contributed by atoms with van der Waals surface area (Å²) in [6.45, 7) is 0. The number of anilines is 1. The van der Waals surface area contributed by atoms with E-state index in [4.69, 9.17) is 0 Å². The predicted octanol–water partition coefficient (Wildman–Crippen LogP) is 3.91. The average molecular weight is 548 g/mol. The molecule has 1 aliphatic heterocycles. The van der Waals surface area contributed by atoms with Crippen LogP contribution in [0, 0.1) is 0 Å². The fraction of sp³-hybridized carbons (Fsp3) is 0.368. The van der Waals surface area contributed by atoms with E-state index in [-0.39, 0.29) is 11.3 Å². The topological polar surface area (TPSA) is 94.9 Å². The van der Waals surface area contributed by atoms with Gasteiger partial charge in [0.15, 0.2) is 0 Å². The first-order chi connectivity index (χ1) is 16.0. The van der Waals surface area contributed by atoms with E-state index in [0.29, 0.717) is 5.69 Å². The van der Waals surface area contributed by atoms with E-state index in [0.717, 1.165) is 10.6 Å². The van der Waals surface area contributed by atoms with Crippen LogP contribution in [-0.4, -0.2) is 45.6 Å². The lowest BCUT2D eigenvalue weighted by molar-refractivity contribution is -0.0728. The molecule has 8 nitrogen and oxygen atoms in total. The van der Waals surface area contributed by atoms with Crippen LogP contribution in [0.25, 0.3) is 0 Å². The van der Waals surface area contributed by atoms with E-state index in [1.807, 2.05) is 0 Å². The minimum absolute atomic E-state index is 0.159. The van der Waals surface area contributed by atoms with E-state index in [1.54, 1.807) is 13.1 Å². The van der Waals surface area contributed by atoms with Crippen molar-refractivity contribution in [1.82, 2.24) is 4.57 Å². The van der Waals surface area contributed by atoms with Gasteiger partial charge in [-0.15, -0.1) is 0 Å². The van der Waals surface area contributed by atoms with Gasteiger partial charge in [0.05, 0.1) is 5.69 Å². The van der Waals surface area contributed by atoms with Crippen LogP contribution in [0.15, 0.2) is 54.9 Å². The van der Waals surface area contributed by atoms with Crippen molar-refractivity contribution in [2.75, 3.05) is 11.9 Å². The molecule has 3 atom stereocenters. The maximum absolute atomic E-state index is 13.2. The fourth-order valence-corrected chi connectivity index (χ4v) is 4.73. The summed E-state index contributed by atoms with van der Waals surface area (Å²) >= 11 is 0. The number of aryl methyl sites for hydroxylation is 1. The Morgan fingerprint density at radius 2 is 1.43 bits per heavy atom. The Morgan fingerprint density at radius 3 is 1.97 bits per heavy atom. The monoisotopic (exact) mass is 548 g/mol. The first kappa shape index (κ1) is 27.0. The normalized spacial score (nSPS) is 18.9. The Morgan fingerprint density at radius 1 is 0.857 bits per heavy atom. The molecule has 0 radical (unpaired) electrons. The van der Waals surface area contributed by atoms with Crippen LogP contribution in [0.1, 0.15) is 23.3 Å². The van der Waals surface area contributed by atoms with Gasteiger partial charge >= 0.3 is 31.3 Å². The third-order valence-electron chi connectivity index (χ3n) is 5.16. The van der Waals surface area contributed by atoms with E-state index in [1.165, 1.54) is 54.7 Å². The van der Waals surface area contributed by atoms with Gasteiger partial charge in [0, 0.05) is 38.1 Å². The molecule has 3 unspecified atom stereocenters.